The lowest BCUT2D eigenvalue weighted by molar-refractivity contribution is 0.752. The maximum atomic E-state index is 6.05. The molecule has 4 nitrogen and oxygen atoms in total. The Kier molecular flexibility index (Phi) is 3.74. The second-order valence-electron chi connectivity index (χ2n) is 4.91. The summed E-state index contributed by atoms with van der Waals surface area (Å²) in [6.07, 6.45) is 5.59. The van der Waals surface area contributed by atoms with Crippen LogP contribution in [-0.2, 0) is 6.54 Å². The molecule has 0 atom stereocenters. The number of hydrogen-bond donors (Lipinski definition) is 0. The summed E-state index contributed by atoms with van der Waals surface area (Å²) in [4.78, 5) is 8.72. The number of benzene rings is 1. The van der Waals surface area contributed by atoms with Gasteiger partial charge in [-0.1, -0.05) is 23.2 Å². The minimum Gasteiger partial charge on any atom is -0.329 e. The van der Waals surface area contributed by atoms with Gasteiger partial charge in [-0.2, -0.15) is 0 Å². The molecule has 0 unspecified atom stereocenters. The molecule has 0 saturated heterocycles. The van der Waals surface area contributed by atoms with Crippen molar-refractivity contribution >= 4 is 23.2 Å². The maximum absolute atomic E-state index is 6.05. The van der Waals surface area contributed by atoms with Crippen LogP contribution in [0.1, 0.15) is 17.1 Å². The first-order valence-corrected chi connectivity index (χ1v) is 7.27. The summed E-state index contributed by atoms with van der Waals surface area (Å²) in [7, 11) is 0. The van der Waals surface area contributed by atoms with Gasteiger partial charge in [-0.15, -0.1) is 0 Å². The van der Waals surface area contributed by atoms with Crippen LogP contribution in [0.25, 0.3) is 5.69 Å². The normalized spacial score (nSPS) is 11.0. The lowest BCUT2D eigenvalue weighted by atomic mass is 10.3. The zero-order chi connectivity index (χ0) is 15.0. The molecule has 0 fully saturated rings. The first-order valence-electron chi connectivity index (χ1n) is 6.51. The molecule has 0 N–H and O–H groups in total. The predicted molar refractivity (Wildman–Crippen MR) is 84.4 cm³/mol. The molecule has 0 amide bonds. The number of aromatic nitrogens is 4. The quantitative estimate of drug-likeness (QED) is 0.730. The van der Waals surface area contributed by atoms with Gasteiger partial charge in [0.05, 0.1) is 40.6 Å². The second kappa shape index (κ2) is 5.54. The molecule has 3 rings (SSSR count). The maximum Gasteiger partial charge on any atom is 0.0996 e. The summed E-state index contributed by atoms with van der Waals surface area (Å²) in [6.45, 7) is 4.75. The molecule has 2 aromatic heterocycles. The summed E-state index contributed by atoms with van der Waals surface area (Å²) < 4.78 is 4.01. The Balaban J connectivity index is 1.86. The van der Waals surface area contributed by atoms with E-state index in [1.54, 1.807) is 12.4 Å². The molecule has 3 aromatic rings. The third-order valence-electron chi connectivity index (χ3n) is 3.51. The molecule has 0 aliphatic heterocycles. The lowest BCUT2D eigenvalue weighted by Crippen LogP contribution is -2.01. The van der Waals surface area contributed by atoms with E-state index in [0.29, 0.717) is 16.6 Å². The number of halogens is 2. The van der Waals surface area contributed by atoms with Crippen LogP contribution >= 0.6 is 23.2 Å². The van der Waals surface area contributed by atoms with Crippen LogP contribution in [0.15, 0.2) is 37.1 Å². The fourth-order valence-electron chi connectivity index (χ4n) is 2.11. The van der Waals surface area contributed by atoms with E-state index in [0.717, 1.165) is 22.8 Å². The van der Waals surface area contributed by atoms with E-state index in [1.165, 1.54) is 0 Å². The van der Waals surface area contributed by atoms with E-state index < -0.39 is 0 Å². The first kappa shape index (κ1) is 14.2. The van der Waals surface area contributed by atoms with Crippen molar-refractivity contribution in [2.24, 2.45) is 0 Å². The van der Waals surface area contributed by atoms with E-state index in [1.807, 2.05) is 36.1 Å². The fraction of sp³-hybridized carbons (Fsp3) is 0.200. The summed E-state index contributed by atoms with van der Waals surface area (Å²) >= 11 is 12.0. The summed E-state index contributed by atoms with van der Waals surface area (Å²) in [5, 5.41) is 1.08. The summed E-state index contributed by atoms with van der Waals surface area (Å²) in [5.74, 6) is 0. The van der Waals surface area contributed by atoms with Gasteiger partial charge in [0.1, 0.15) is 0 Å². The highest BCUT2D eigenvalue weighted by atomic mass is 35.5. The van der Waals surface area contributed by atoms with Crippen LogP contribution < -0.4 is 0 Å². The molecule has 1 aromatic carbocycles. The minimum absolute atomic E-state index is 0.533. The van der Waals surface area contributed by atoms with Gasteiger partial charge in [0, 0.05) is 17.6 Å². The van der Waals surface area contributed by atoms with Crippen molar-refractivity contribution in [2.45, 2.75) is 20.4 Å². The van der Waals surface area contributed by atoms with Crippen molar-refractivity contribution in [3.8, 4) is 5.69 Å². The molecular formula is C15H14Cl2N4. The molecule has 2 heterocycles. The Bertz CT molecular complexity index is 789. The van der Waals surface area contributed by atoms with Crippen molar-refractivity contribution in [1.82, 2.24) is 19.1 Å². The van der Waals surface area contributed by atoms with Gasteiger partial charge in [0.25, 0.3) is 0 Å². The molecule has 0 saturated carbocycles. The molecule has 108 valence electrons. The highest BCUT2D eigenvalue weighted by Gasteiger charge is 2.07. The van der Waals surface area contributed by atoms with E-state index in [-0.39, 0.29) is 0 Å². The number of aryl methyl sites for hydroxylation is 1. The molecule has 0 aliphatic carbocycles. The molecule has 6 heteroatoms. The van der Waals surface area contributed by atoms with Crippen LogP contribution in [0.4, 0.5) is 0 Å². The van der Waals surface area contributed by atoms with Crippen LogP contribution in [0, 0.1) is 13.8 Å². The highest BCUT2D eigenvalue weighted by Crippen LogP contribution is 2.24. The molecule has 0 spiro atoms. The fourth-order valence-corrected chi connectivity index (χ4v) is 2.40. The number of imidazole rings is 2. The van der Waals surface area contributed by atoms with Gasteiger partial charge >= 0.3 is 0 Å². The van der Waals surface area contributed by atoms with Crippen molar-refractivity contribution < 1.29 is 0 Å². The third-order valence-corrected chi connectivity index (χ3v) is 4.25. The van der Waals surface area contributed by atoms with Crippen molar-refractivity contribution in [3.63, 3.8) is 0 Å². The summed E-state index contributed by atoms with van der Waals surface area (Å²) in [6, 6.07) is 5.51. The number of rotatable bonds is 3. The SMILES string of the molecule is Cc1ncn(Cc2cn(-c3ccc(Cl)c(Cl)c3)cn2)c1C. The van der Waals surface area contributed by atoms with Crippen LogP contribution in [0.3, 0.4) is 0 Å². The third kappa shape index (κ3) is 2.82. The largest absolute Gasteiger partial charge is 0.329 e. The molecule has 0 aliphatic rings. The Hall–Kier alpha value is -1.78. The second-order valence-corrected chi connectivity index (χ2v) is 5.73. The Morgan fingerprint density at radius 3 is 2.52 bits per heavy atom. The van der Waals surface area contributed by atoms with Crippen molar-refractivity contribution in [1.29, 1.82) is 0 Å². The van der Waals surface area contributed by atoms with E-state index in [9.17, 15) is 0 Å². The van der Waals surface area contributed by atoms with Gasteiger partial charge < -0.3 is 9.13 Å². The average Bonchev–Trinajstić information content (AvgIpc) is 3.04. The zero-order valence-electron chi connectivity index (χ0n) is 11.7. The number of nitrogens with zero attached hydrogens (tertiary/aromatic N) is 4. The smallest absolute Gasteiger partial charge is 0.0996 e. The Labute approximate surface area is 133 Å². The average molecular weight is 321 g/mol. The van der Waals surface area contributed by atoms with E-state index in [4.69, 9.17) is 23.2 Å². The molecule has 21 heavy (non-hydrogen) atoms. The van der Waals surface area contributed by atoms with Crippen LogP contribution in [0.2, 0.25) is 10.0 Å². The van der Waals surface area contributed by atoms with E-state index in [2.05, 4.69) is 21.5 Å². The molecule has 0 radical (unpaired) electrons. The van der Waals surface area contributed by atoms with Gasteiger partial charge in [-0.05, 0) is 32.0 Å². The van der Waals surface area contributed by atoms with Gasteiger partial charge in [0.15, 0.2) is 0 Å². The highest BCUT2D eigenvalue weighted by molar-refractivity contribution is 6.42. The van der Waals surface area contributed by atoms with Crippen molar-refractivity contribution in [2.75, 3.05) is 0 Å². The van der Waals surface area contributed by atoms with E-state index >= 15 is 0 Å². The standard InChI is InChI=1S/C15H14Cl2N4/c1-10-11(2)20(8-18-10)6-12-7-21(9-19-12)13-3-4-14(16)15(17)5-13/h3-5,7-9H,6H2,1-2H3. The van der Waals surface area contributed by atoms with Crippen molar-refractivity contribution in [3.05, 3.63) is 64.2 Å². The minimum atomic E-state index is 0.533. The monoisotopic (exact) mass is 320 g/mol. The Morgan fingerprint density at radius 1 is 1.05 bits per heavy atom. The summed E-state index contributed by atoms with van der Waals surface area (Å²) in [5.41, 5.74) is 4.08. The lowest BCUT2D eigenvalue weighted by Gasteiger charge is -2.04. The van der Waals surface area contributed by atoms with Gasteiger partial charge in [-0.3, -0.25) is 0 Å². The Morgan fingerprint density at radius 2 is 1.86 bits per heavy atom. The van der Waals surface area contributed by atoms with Crippen LogP contribution in [-0.4, -0.2) is 19.1 Å². The van der Waals surface area contributed by atoms with Gasteiger partial charge in [-0.25, -0.2) is 9.97 Å². The molecule has 0 bridgehead atoms. The molecular weight excluding hydrogens is 307 g/mol. The topological polar surface area (TPSA) is 35.6 Å². The van der Waals surface area contributed by atoms with Crippen LogP contribution in [0.5, 0.6) is 0 Å². The first-order chi connectivity index (χ1) is 10.0. The predicted octanol–water partition coefficient (Wildman–Crippen LogP) is 4.04. The van der Waals surface area contributed by atoms with Gasteiger partial charge in [0.2, 0.25) is 0 Å². The number of hydrogen-bond acceptors (Lipinski definition) is 2. The zero-order valence-corrected chi connectivity index (χ0v) is 13.2.